The van der Waals surface area contributed by atoms with Crippen LogP contribution in [0, 0.1) is 6.92 Å². The fraction of sp³-hybridized carbons (Fsp3) is 0.500. The Bertz CT molecular complexity index is 363. The van der Waals surface area contributed by atoms with Gasteiger partial charge < -0.3 is 0 Å². The molecule has 0 bridgehead atoms. The maximum atomic E-state index is 10.5. The number of carboxylic acid groups (broad SMARTS) is 1. The van der Waals surface area contributed by atoms with Gasteiger partial charge in [-0.15, -0.1) is 0 Å². The van der Waals surface area contributed by atoms with Gasteiger partial charge in [0.2, 0.25) is 0 Å². The van der Waals surface area contributed by atoms with Crippen molar-refractivity contribution in [3.63, 3.8) is 0 Å². The summed E-state index contributed by atoms with van der Waals surface area (Å²) in [5.41, 5.74) is 1.39. The Balaban J connectivity index is 2.46. The van der Waals surface area contributed by atoms with Crippen LogP contribution in [0.25, 0.3) is 0 Å². The van der Waals surface area contributed by atoms with E-state index in [-0.39, 0.29) is 20.9 Å². The van der Waals surface area contributed by atoms with Crippen LogP contribution < -0.4 is 3.61 Å². The third-order valence-electron chi connectivity index (χ3n) is 2.76. The average Bonchev–Trinajstić information content (AvgIpc) is 2.30. The van der Waals surface area contributed by atoms with Crippen LogP contribution in [-0.4, -0.2) is 32.0 Å². The molecular weight excluding hydrogens is 328 g/mol. The minimum atomic E-state index is -0.670. The molecule has 1 atom stereocenters. The van der Waals surface area contributed by atoms with Gasteiger partial charge in [-0.05, 0) is 0 Å². The molecule has 17 heavy (non-hydrogen) atoms. The number of hydrogen-bond acceptors (Lipinski definition) is 1. The van der Waals surface area contributed by atoms with E-state index in [2.05, 4.69) is 38.1 Å². The summed E-state index contributed by atoms with van der Waals surface area (Å²) in [7, 11) is 0. The third kappa shape index (κ3) is 5.57. The Morgan fingerprint density at radius 1 is 1.41 bits per heavy atom. The third-order valence-corrected chi connectivity index (χ3v) is 7.37. The van der Waals surface area contributed by atoms with Gasteiger partial charge >= 0.3 is 114 Å². The van der Waals surface area contributed by atoms with Crippen molar-refractivity contribution in [3.8, 4) is 0 Å². The Labute approximate surface area is 114 Å². The van der Waals surface area contributed by atoms with E-state index in [0.29, 0.717) is 6.42 Å². The second-order valence-corrected chi connectivity index (χ2v) is 8.03. The number of aryl methyl sites for hydroxylation is 1. The van der Waals surface area contributed by atoms with Gasteiger partial charge in [0, 0.05) is 0 Å². The molecule has 1 N–H and O–H groups in total. The second-order valence-electron chi connectivity index (χ2n) is 4.20. The summed E-state index contributed by atoms with van der Waals surface area (Å²) in [6.45, 7) is 4.39. The van der Waals surface area contributed by atoms with Crippen molar-refractivity contribution in [2.24, 2.45) is 0 Å². The number of hydrogen-bond donors (Lipinski definition) is 1. The Morgan fingerprint density at radius 2 is 2.12 bits per heavy atom. The van der Waals surface area contributed by atoms with E-state index in [4.69, 9.17) is 5.11 Å². The van der Waals surface area contributed by atoms with Crippen LogP contribution in [0.2, 0.25) is 3.97 Å². The van der Waals surface area contributed by atoms with Gasteiger partial charge in [0.25, 0.3) is 0 Å². The zero-order valence-electron chi connectivity index (χ0n) is 10.5. The zero-order valence-corrected chi connectivity index (χ0v) is 12.8. The maximum absolute atomic E-state index is 10.5. The van der Waals surface area contributed by atoms with E-state index < -0.39 is 5.97 Å². The SMILES string of the molecule is CCC(CCCC(=O)O)[Te]c1ccccc1C. The molecule has 0 aliphatic rings. The summed E-state index contributed by atoms with van der Waals surface area (Å²) in [6, 6.07) is 8.59. The number of carboxylic acids is 1. The summed E-state index contributed by atoms with van der Waals surface area (Å²) in [5, 5.41) is 8.64. The number of benzene rings is 1. The van der Waals surface area contributed by atoms with Crippen molar-refractivity contribution in [2.45, 2.75) is 43.5 Å². The molecule has 1 aromatic rings. The zero-order chi connectivity index (χ0) is 12.7. The molecule has 0 aromatic heterocycles. The number of carbonyl (C=O) groups is 1. The van der Waals surface area contributed by atoms with Crippen LogP contribution in [-0.2, 0) is 4.79 Å². The first kappa shape index (κ1) is 14.5. The fourth-order valence-corrected chi connectivity index (χ4v) is 5.18. The first-order chi connectivity index (χ1) is 8.13. The average molecular weight is 348 g/mol. The molecule has 0 fully saturated rings. The molecule has 0 saturated heterocycles. The monoisotopic (exact) mass is 350 g/mol. The predicted molar refractivity (Wildman–Crippen MR) is 72.1 cm³/mol. The van der Waals surface area contributed by atoms with Crippen LogP contribution in [0.5, 0.6) is 0 Å². The van der Waals surface area contributed by atoms with Gasteiger partial charge in [-0.2, -0.15) is 0 Å². The molecule has 2 nitrogen and oxygen atoms in total. The van der Waals surface area contributed by atoms with E-state index in [1.54, 1.807) is 0 Å². The van der Waals surface area contributed by atoms with Crippen molar-refractivity contribution >= 4 is 30.5 Å². The molecule has 0 radical (unpaired) electrons. The summed E-state index contributed by atoms with van der Waals surface area (Å²) in [4.78, 5) is 10.5. The van der Waals surface area contributed by atoms with E-state index in [1.807, 2.05) is 0 Å². The van der Waals surface area contributed by atoms with Crippen LogP contribution >= 0.6 is 0 Å². The summed E-state index contributed by atoms with van der Waals surface area (Å²) < 4.78 is 2.26. The van der Waals surface area contributed by atoms with E-state index >= 15 is 0 Å². The van der Waals surface area contributed by atoms with Crippen LogP contribution in [0.3, 0.4) is 0 Å². The molecule has 0 amide bonds. The Hall–Kier alpha value is -0.520. The molecule has 94 valence electrons. The summed E-state index contributed by atoms with van der Waals surface area (Å²) in [5.74, 6) is -0.670. The topological polar surface area (TPSA) is 37.3 Å². The molecule has 3 heteroatoms. The van der Waals surface area contributed by atoms with Crippen LogP contribution in [0.4, 0.5) is 0 Å². The minimum absolute atomic E-state index is 0.179. The van der Waals surface area contributed by atoms with E-state index in [0.717, 1.165) is 16.8 Å². The number of aliphatic carboxylic acids is 1. The van der Waals surface area contributed by atoms with Gasteiger partial charge in [0.1, 0.15) is 0 Å². The summed E-state index contributed by atoms with van der Waals surface area (Å²) in [6.07, 6.45) is 3.39. The Morgan fingerprint density at radius 3 is 2.71 bits per heavy atom. The van der Waals surface area contributed by atoms with Gasteiger partial charge in [0.05, 0.1) is 0 Å². The van der Waals surface area contributed by atoms with Crippen molar-refractivity contribution in [1.29, 1.82) is 0 Å². The number of rotatable bonds is 7. The van der Waals surface area contributed by atoms with E-state index in [1.165, 1.54) is 15.6 Å². The Kier molecular flexibility index (Phi) is 6.62. The van der Waals surface area contributed by atoms with Crippen LogP contribution in [0.15, 0.2) is 24.3 Å². The van der Waals surface area contributed by atoms with Crippen molar-refractivity contribution in [3.05, 3.63) is 29.8 Å². The first-order valence-electron chi connectivity index (χ1n) is 6.07. The van der Waals surface area contributed by atoms with Crippen molar-refractivity contribution in [1.82, 2.24) is 0 Å². The van der Waals surface area contributed by atoms with Gasteiger partial charge in [-0.1, -0.05) is 0 Å². The summed E-state index contributed by atoms with van der Waals surface area (Å²) >= 11 is -0.179. The molecule has 0 heterocycles. The van der Waals surface area contributed by atoms with Gasteiger partial charge in [-0.25, -0.2) is 0 Å². The van der Waals surface area contributed by atoms with Crippen LogP contribution in [0.1, 0.15) is 38.2 Å². The van der Waals surface area contributed by atoms with Gasteiger partial charge in [0.15, 0.2) is 0 Å². The molecule has 1 aromatic carbocycles. The van der Waals surface area contributed by atoms with Gasteiger partial charge in [-0.3, -0.25) is 0 Å². The molecule has 1 unspecified atom stereocenters. The molecule has 0 aliphatic heterocycles. The molecule has 1 rings (SSSR count). The predicted octanol–water partition coefficient (Wildman–Crippen LogP) is 2.78. The standard InChI is InChI=1S/C14H20O2Te/c1-3-12(8-6-10-14(15)16)17-13-9-5-4-7-11(13)2/h4-5,7,9,12H,3,6,8,10H2,1-2H3,(H,15,16). The molecule has 0 spiro atoms. The molecule has 0 aliphatic carbocycles. The fourth-order valence-electron chi connectivity index (χ4n) is 1.70. The second kappa shape index (κ2) is 7.74. The quantitative estimate of drug-likeness (QED) is 0.770. The first-order valence-corrected chi connectivity index (χ1v) is 8.58. The van der Waals surface area contributed by atoms with E-state index in [9.17, 15) is 4.79 Å². The molecule has 0 saturated carbocycles. The van der Waals surface area contributed by atoms with Crippen molar-refractivity contribution < 1.29 is 9.90 Å². The molecular formula is C14H20O2Te. The van der Waals surface area contributed by atoms with Crippen molar-refractivity contribution in [2.75, 3.05) is 0 Å². The normalized spacial score (nSPS) is 12.4.